The lowest BCUT2D eigenvalue weighted by Crippen LogP contribution is -2.30. The molecular formula is C15H19N3O. The van der Waals surface area contributed by atoms with Gasteiger partial charge in [-0.25, -0.2) is 0 Å². The zero-order chi connectivity index (χ0) is 13.2. The second kappa shape index (κ2) is 5.05. The maximum Gasteiger partial charge on any atom is 0.251 e. The van der Waals surface area contributed by atoms with Gasteiger partial charge in [0, 0.05) is 35.8 Å². The van der Waals surface area contributed by atoms with Crippen LogP contribution in [0.2, 0.25) is 0 Å². The van der Waals surface area contributed by atoms with Crippen LogP contribution < -0.4 is 5.32 Å². The first kappa shape index (κ1) is 12.2. The number of fused-ring (bicyclic) bond motifs is 1. The minimum absolute atomic E-state index is 0.0275. The molecule has 19 heavy (non-hydrogen) atoms. The van der Waals surface area contributed by atoms with Gasteiger partial charge in [0.05, 0.1) is 0 Å². The van der Waals surface area contributed by atoms with E-state index >= 15 is 0 Å². The van der Waals surface area contributed by atoms with Crippen LogP contribution in [-0.4, -0.2) is 42.5 Å². The summed E-state index contributed by atoms with van der Waals surface area (Å²) < 4.78 is 0. The minimum Gasteiger partial charge on any atom is -0.361 e. The molecular weight excluding hydrogens is 238 g/mol. The molecule has 0 bridgehead atoms. The zero-order valence-corrected chi connectivity index (χ0v) is 11.1. The van der Waals surface area contributed by atoms with Gasteiger partial charge in [-0.3, -0.25) is 4.79 Å². The minimum atomic E-state index is 0.0275. The van der Waals surface area contributed by atoms with Crippen LogP contribution in [0, 0.1) is 5.92 Å². The molecule has 2 heterocycles. The Morgan fingerprint density at radius 2 is 2.37 bits per heavy atom. The maximum absolute atomic E-state index is 12.3. The van der Waals surface area contributed by atoms with E-state index in [1.54, 1.807) is 0 Å². The first-order valence-electron chi connectivity index (χ1n) is 6.77. The third kappa shape index (κ3) is 2.49. The number of rotatable bonds is 3. The average Bonchev–Trinajstić information content (AvgIpc) is 3.03. The molecule has 4 nitrogen and oxygen atoms in total. The molecule has 1 atom stereocenters. The van der Waals surface area contributed by atoms with E-state index in [2.05, 4.69) is 22.2 Å². The largest absolute Gasteiger partial charge is 0.361 e. The Labute approximate surface area is 112 Å². The van der Waals surface area contributed by atoms with E-state index in [-0.39, 0.29) is 5.91 Å². The van der Waals surface area contributed by atoms with Crippen molar-refractivity contribution in [1.82, 2.24) is 15.2 Å². The highest BCUT2D eigenvalue weighted by Crippen LogP contribution is 2.18. The number of hydrogen-bond donors (Lipinski definition) is 2. The molecule has 100 valence electrons. The van der Waals surface area contributed by atoms with Gasteiger partial charge in [-0.1, -0.05) is 6.07 Å². The van der Waals surface area contributed by atoms with Gasteiger partial charge in [0.25, 0.3) is 5.91 Å². The van der Waals surface area contributed by atoms with Crippen LogP contribution in [0.1, 0.15) is 16.8 Å². The summed E-state index contributed by atoms with van der Waals surface area (Å²) in [5.74, 6) is 0.610. The SMILES string of the molecule is CN1CCC(CNC(=O)c2cccc3[nH]ccc23)C1. The Morgan fingerprint density at radius 1 is 1.47 bits per heavy atom. The van der Waals surface area contributed by atoms with Gasteiger partial charge < -0.3 is 15.2 Å². The second-order valence-electron chi connectivity index (χ2n) is 5.37. The van der Waals surface area contributed by atoms with Crippen LogP contribution in [0.25, 0.3) is 10.9 Å². The van der Waals surface area contributed by atoms with Gasteiger partial charge in [0.15, 0.2) is 0 Å². The van der Waals surface area contributed by atoms with Crippen LogP contribution >= 0.6 is 0 Å². The number of carbonyl (C=O) groups is 1. The molecule has 2 aromatic rings. The van der Waals surface area contributed by atoms with Gasteiger partial charge in [-0.2, -0.15) is 0 Å². The van der Waals surface area contributed by atoms with E-state index in [0.717, 1.165) is 36.1 Å². The van der Waals surface area contributed by atoms with Crippen molar-refractivity contribution in [2.24, 2.45) is 5.92 Å². The fraction of sp³-hybridized carbons (Fsp3) is 0.400. The first-order valence-corrected chi connectivity index (χ1v) is 6.77. The van der Waals surface area contributed by atoms with Crippen molar-refractivity contribution >= 4 is 16.8 Å². The summed E-state index contributed by atoms with van der Waals surface area (Å²) >= 11 is 0. The fourth-order valence-corrected chi connectivity index (χ4v) is 2.81. The topological polar surface area (TPSA) is 48.1 Å². The third-order valence-corrected chi connectivity index (χ3v) is 3.88. The fourth-order valence-electron chi connectivity index (χ4n) is 2.81. The normalized spacial score (nSPS) is 19.9. The molecule has 0 spiro atoms. The predicted octanol–water partition coefficient (Wildman–Crippen LogP) is 1.85. The van der Waals surface area contributed by atoms with E-state index in [4.69, 9.17) is 0 Å². The molecule has 3 rings (SSSR count). The van der Waals surface area contributed by atoms with E-state index in [0.29, 0.717) is 5.92 Å². The molecule has 4 heteroatoms. The van der Waals surface area contributed by atoms with Crippen molar-refractivity contribution in [3.63, 3.8) is 0 Å². The molecule has 1 aliphatic rings. The summed E-state index contributed by atoms with van der Waals surface area (Å²) in [5.41, 5.74) is 1.76. The first-order chi connectivity index (χ1) is 9.24. The number of nitrogens with zero attached hydrogens (tertiary/aromatic N) is 1. The summed E-state index contributed by atoms with van der Waals surface area (Å²) in [6.45, 7) is 2.98. The number of benzene rings is 1. The smallest absolute Gasteiger partial charge is 0.251 e. The summed E-state index contributed by atoms with van der Waals surface area (Å²) in [4.78, 5) is 17.7. The molecule has 2 N–H and O–H groups in total. The van der Waals surface area contributed by atoms with Gasteiger partial charge in [-0.15, -0.1) is 0 Å². The lowest BCUT2D eigenvalue weighted by Gasteiger charge is -2.12. The Balaban J connectivity index is 1.68. The van der Waals surface area contributed by atoms with Crippen LogP contribution in [0.4, 0.5) is 0 Å². The van der Waals surface area contributed by atoms with Gasteiger partial charge >= 0.3 is 0 Å². The lowest BCUT2D eigenvalue weighted by atomic mass is 10.1. The quantitative estimate of drug-likeness (QED) is 0.881. The number of H-pyrrole nitrogens is 1. The van der Waals surface area contributed by atoms with E-state index < -0.39 is 0 Å². The molecule has 1 aromatic heterocycles. The van der Waals surface area contributed by atoms with Crippen LogP contribution in [0.5, 0.6) is 0 Å². The number of aromatic nitrogens is 1. The Morgan fingerprint density at radius 3 is 3.16 bits per heavy atom. The average molecular weight is 257 g/mol. The molecule has 1 amide bonds. The molecule has 1 aliphatic heterocycles. The maximum atomic E-state index is 12.3. The number of amides is 1. The van der Waals surface area contributed by atoms with Crippen LogP contribution in [0.3, 0.4) is 0 Å². The molecule has 0 radical (unpaired) electrons. The molecule has 0 aliphatic carbocycles. The molecule has 1 aromatic carbocycles. The highest BCUT2D eigenvalue weighted by Gasteiger charge is 2.20. The molecule has 1 saturated heterocycles. The van der Waals surface area contributed by atoms with E-state index in [1.807, 2.05) is 30.5 Å². The number of nitrogens with one attached hydrogen (secondary N) is 2. The van der Waals surface area contributed by atoms with Crippen molar-refractivity contribution in [2.75, 3.05) is 26.7 Å². The number of hydrogen-bond acceptors (Lipinski definition) is 2. The second-order valence-corrected chi connectivity index (χ2v) is 5.37. The number of carbonyl (C=O) groups excluding carboxylic acids is 1. The zero-order valence-electron chi connectivity index (χ0n) is 11.1. The summed E-state index contributed by atoms with van der Waals surface area (Å²) in [6, 6.07) is 7.73. The monoisotopic (exact) mass is 257 g/mol. The highest BCUT2D eigenvalue weighted by atomic mass is 16.1. The van der Waals surface area contributed by atoms with Crippen molar-refractivity contribution in [3.05, 3.63) is 36.0 Å². The van der Waals surface area contributed by atoms with Crippen LogP contribution in [-0.2, 0) is 0 Å². The van der Waals surface area contributed by atoms with Crippen molar-refractivity contribution in [1.29, 1.82) is 0 Å². The van der Waals surface area contributed by atoms with Crippen molar-refractivity contribution < 1.29 is 4.79 Å². The Hall–Kier alpha value is -1.81. The Bertz CT molecular complexity index is 590. The van der Waals surface area contributed by atoms with Crippen molar-refractivity contribution in [3.8, 4) is 0 Å². The standard InChI is InChI=1S/C15H19N3O/c1-18-8-6-11(10-18)9-17-15(19)13-3-2-4-14-12(13)5-7-16-14/h2-5,7,11,16H,6,8-10H2,1H3,(H,17,19). The van der Waals surface area contributed by atoms with E-state index in [9.17, 15) is 4.79 Å². The predicted molar refractivity (Wildman–Crippen MR) is 76.2 cm³/mol. The molecule has 0 saturated carbocycles. The van der Waals surface area contributed by atoms with Crippen LogP contribution in [0.15, 0.2) is 30.5 Å². The van der Waals surface area contributed by atoms with Gasteiger partial charge in [0.2, 0.25) is 0 Å². The summed E-state index contributed by atoms with van der Waals surface area (Å²) in [6.07, 6.45) is 3.04. The third-order valence-electron chi connectivity index (χ3n) is 3.88. The van der Waals surface area contributed by atoms with Gasteiger partial charge in [0.1, 0.15) is 0 Å². The number of aromatic amines is 1. The van der Waals surface area contributed by atoms with E-state index in [1.165, 1.54) is 6.42 Å². The lowest BCUT2D eigenvalue weighted by molar-refractivity contribution is 0.0949. The highest BCUT2D eigenvalue weighted by molar-refractivity contribution is 6.06. The Kier molecular flexibility index (Phi) is 3.25. The summed E-state index contributed by atoms with van der Waals surface area (Å²) in [5, 5.41) is 4.05. The summed E-state index contributed by atoms with van der Waals surface area (Å²) in [7, 11) is 2.13. The van der Waals surface area contributed by atoms with Gasteiger partial charge in [-0.05, 0) is 44.1 Å². The molecule has 1 fully saturated rings. The number of likely N-dealkylation sites (tertiary alicyclic amines) is 1. The van der Waals surface area contributed by atoms with Crippen molar-refractivity contribution in [2.45, 2.75) is 6.42 Å². The molecule has 1 unspecified atom stereocenters.